The average molecular weight is 275 g/mol. The van der Waals surface area contributed by atoms with Crippen LogP contribution in [0, 0.1) is 0 Å². The van der Waals surface area contributed by atoms with Crippen LogP contribution in [-0.4, -0.2) is 22.1 Å². The molecule has 1 heterocycles. The highest BCUT2D eigenvalue weighted by Crippen LogP contribution is 2.27. The van der Waals surface area contributed by atoms with Crippen LogP contribution in [0.2, 0.25) is 0 Å². The Kier molecular flexibility index (Phi) is 4.01. The monoisotopic (exact) mass is 275 g/mol. The van der Waals surface area contributed by atoms with Crippen molar-refractivity contribution in [1.29, 1.82) is 0 Å². The summed E-state index contributed by atoms with van der Waals surface area (Å²) in [5.74, 6) is -0.934. The van der Waals surface area contributed by atoms with Crippen molar-refractivity contribution in [1.82, 2.24) is 4.98 Å². The van der Waals surface area contributed by atoms with Crippen LogP contribution in [0.5, 0.6) is 0 Å². The third kappa shape index (κ3) is 3.45. The van der Waals surface area contributed by atoms with Crippen LogP contribution >= 0.6 is 11.3 Å². The maximum atomic E-state index is 10.8. The highest BCUT2D eigenvalue weighted by atomic mass is 32.1. The van der Waals surface area contributed by atoms with E-state index in [1.165, 1.54) is 11.3 Å². The van der Waals surface area contributed by atoms with Crippen molar-refractivity contribution in [3.63, 3.8) is 0 Å². The number of hydrogen-bond donors (Lipinski definition) is 1. The molecule has 0 unspecified atom stereocenters. The molecule has 0 atom stereocenters. The molecule has 0 spiro atoms. The molecule has 0 radical (unpaired) electrons. The molecule has 19 heavy (non-hydrogen) atoms. The molecule has 0 aliphatic heterocycles. The molecule has 1 aromatic heterocycles. The Hall–Kier alpha value is -2.08. The van der Waals surface area contributed by atoms with E-state index in [4.69, 9.17) is 5.11 Å². The number of rotatable bonds is 4. The summed E-state index contributed by atoms with van der Waals surface area (Å²) in [6, 6.07) is 6.74. The molecule has 0 saturated carbocycles. The van der Waals surface area contributed by atoms with Gasteiger partial charge in [-0.2, -0.15) is 5.11 Å². The van der Waals surface area contributed by atoms with Gasteiger partial charge >= 0.3 is 5.97 Å². The average Bonchev–Trinajstić information content (AvgIpc) is 2.85. The number of aromatic carboxylic acids is 1. The van der Waals surface area contributed by atoms with E-state index in [-0.39, 0.29) is 11.6 Å². The smallest absolute Gasteiger partial charge is 0.335 e. The first-order valence-electron chi connectivity index (χ1n) is 5.76. The largest absolute Gasteiger partial charge is 0.478 e. The third-order valence-corrected chi connectivity index (χ3v) is 3.02. The van der Waals surface area contributed by atoms with Crippen LogP contribution in [0.15, 0.2) is 39.9 Å². The molecule has 2 rings (SSSR count). The lowest BCUT2D eigenvalue weighted by Gasteiger charge is -1.97. The third-order valence-electron chi connectivity index (χ3n) is 2.29. The topological polar surface area (TPSA) is 74.9 Å². The van der Waals surface area contributed by atoms with Gasteiger partial charge in [0, 0.05) is 10.9 Å². The summed E-state index contributed by atoms with van der Waals surface area (Å²) >= 11 is 1.41. The van der Waals surface area contributed by atoms with Gasteiger partial charge in [0.15, 0.2) is 0 Å². The zero-order chi connectivity index (χ0) is 13.8. The van der Waals surface area contributed by atoms with Gasteiger partial charge < -0.3 is 5.11 Å². The first kappa shape index (κ1) is 13.4. The molecule has 1 aromatic carbocycles. The summed E-state index contributed by atoms with van der Waals surface area (Å²) in [6.07, 6.45) is 0. The van der Waals surface area contributed by atoms with Crippen molar-refractivity contribution in [2.45, 2.75) is 19.9 Å². The van der Waals surface area contributed by atoms with Gasteiger partial charge in [0.2, 0.25) is 5.13 Å². The molecule has 1 N–H and O–H groups in total. The molecule has 98 valence electrons. The fraction of sp³-hybridized carbons (Fsp3) is 0.231. The van der Waals surface area contributed by atoms with E-state index in [1.807, 2.05) is 19.2 Å². The fourth-order valence-electron chi connectivity index (χ4n) is 1.39. The second-order valence-electron chi connectivity index (χ2n) is 4.21. The second-order valence-corrected chi connectivity index (χ2v) is 5.04. The summed E-state index contributed by atoms with van der Waals surface area (Å²) in [5, 5.41) is 19.4. The molecule has 6 heteroatoms. The predicted molar refractivity (Wildman–Crippen MR) is 74.2 cm³/mol. The van der Waals surface area contributed by atoms with Gasteiger partial charge in [-0.05, 0) is 26.0 Å². The summed E-state index contributed by atoms with van der Waals surface area (Å²) in [7, 11) is 0. The van der Waals surface area contributed by atoms with E-state index in [1.54, 1.807) is 24.3 Å². The van der Waals surface area contributed by atoms with E-state index in [0.717, 1.165) is 11.3 Å². The molecule has 0 amide bonds. The Bertz CT molecular complexity index is 603. The van der Waals surface area contributed by atoms with E-state index in [9.17, 15) is 4.79 Å². The van der Waals surface area contributed by atoms with Gasteiger partial charge in [-0.3, -0.25) is 0 Å². The maximum absolute atomic E-state index is 10.8. The van der Waals surface area contributed by atoms with Crippen molar-refractivity contribution in [2.24, 2.45) is 10.2 Å². The van der Waals surface area contributed by atoms with Gasteiger partial charge in [-0.25, -0.2) is 9.78 Å². The van der Waals surface area contributed by atoms with E-state index < -0.39 is 5.97 Å². The highest BCUT2D eigenvalue weighted by molar-refractivity contribution is 7.13. The minimum atomic E-state index is -0.934. The number of benzene rings is 1. The summed E-state index contributed by atoms with van der Waals surface area (Å²) in [6.45, 7) is 3.89. The second kappa shape index (κ2) is 5.71. The maximum Gasteiger partial charge on any atom is 0.335 e. The van der Waals surface area contributed by atoms with Crippen molar-refractivity contribution >= 4 is 22.4 Å². The van der Waals surface area contributed by atoms with Crippen molar-refractivity contribution < 1.29 is 9.90 Å². The lowest BCUT2D eigenvalue weighted by Crippen LogP contribution is -1.94. The lowest BCUT2D eigenvalue weighted by atomic mass is 10.1. The van der Waals surface area contributed by atoms with Crippen LogP contribution in [-0.2, 0) is 0 Å². The van der Waals surface area contributed by atoms with Gasteiger partial charge in [-0.15, -0.1) is 16.5 Å². The molecular formula is C13H13N3O2S. The zero-order valence-electron chi connectivity index (χ0n) is 10.6. The van der Waals surface area contributed by atoms with Gasteiger partial charge in [0.05, 0.1) is 17.3 Å². The highest BCUT2D eigenvalue weighted by Gasteiger charge is 2.06. The van der Waals surface area contributed by atoms with E-state index in [2.05, 4.69) is 15.2 Å². The van der Waals surface area contributed by atoms with Crippen LogP contribution in [0.4, 0.5) is 5.13 Å². The van der Waals surface area contributed by atoms with Crippen molar-refractivity contribution in [3.8, 4) is 11.3 Å². The summed E-state index contributed by atoms with van der Waals surface area (Å²) < 4.78 is 0. The number of carboxylic acid groups (broad SMARTS) is 1. The van der Waals surface area contributed by atoms with Crippen LogP contribution < -0.4 is 0 Å². The normalized spacial score (nSPS) is 11.3. The Morgan fingerprint density at radius 2 is 2.00 bits per heavy atom. The SMILES string of the molecule is CC(C)N=Nc1nc(-c2ccc(C(=O)O)cc2)cs1. The number of carbonyl (C=O) groups is 1. The summed E-state index contributed by atoms with van der Waals surface area (Å²) in [5.41, 5.74) is 1.91. The molecule has 0 aliphatic carbocycles. The van der Waals surface area contributed by atoms with Crippen molar-refractivity contribution in [2.75, 3.05) is 0 Å². The minimum Gasteiger partial charge on any atom is -0.478 e. The van der Waals surface area contributed by atoms with Crippen LogP contribution in [0.1, 0.15) is 24.2 Å². The zero-order valence-corrected chi connectivity index (χ0v) is 11.4. The number of carboxylic acids is 1. The van der Waals surface area contributed by atoms with Crippen LogP contribution in [0.25, 0.3) is 11.3 Å². The number of thiazole rings is 1. The number of aromatic nitrogens is 1. The van der Waals surface area contributed by atoms with Gasteiger partial charge in [0.25, 0.3) is 0 Å². The quantitative estimate of drug-likeness (QED) is 0.857. The minimum absolute atomic E-state index is 0.141. The van der Waals surface area contributed by atoms with E-state index >= 15 is 0 Å². The molecule has 5 nitrogen and oxygen atoms in total. The standard InChI is InChI=1S/C13H13N3O2S/c1-8(2)15-16-13-14-11(7-19-13)9-3-5-10(6-4-9)12(17)18/h3-8H,1-2H3,(H,17,18). The number of nitrogens with zero attached hydrogens (tertiary/aromatic N) is 3. The lowest BCUT2D eigenvalue weighted by molar-refractivity contribution is 0.0697. The molecule has 0 saturated heterocycles. The molecular weight excluding hydrogens is 262 g/mol. The van der Waals surface area contributed by atoms with E-state index in [0.29, 0.717) is 5.13 Å². The Labute approximate surface area is 114 Å². The first-order chi connectivity index (χ1) is 9.06. The molecule has 2 aromatic rings. The van der Waals surface area contributed by atoms with Crippen LogP contribution in [0.3, 0.4) is 0 Å². The van der Waals surface area contributed by atoms with Gasteiger partial charge in [0.1, 0.15) is 0 Å². The number of azo groups is 1. The molecule has 0 aliphatic rings. The number of hydrogen-bond acceptors (Lipinski definition) is 5. The predicted octanol–water partition coefficient (Wildman–Crippen LogP) is 4.00. The Morgan fingerprint density at radius 1 is 1.32 bits per heavy atom. The van der Waals surface area contributed by atoms with Gasteiger partial charge in [-0.1, -0.05) is 12.1 Å². The summed E-state index contributed by atoms with van der Waals surface area (Å²) in [4.78, 5) is 15.1. The fourth-order valence-corrected chi connectivity index (χ4v) is 2.04. The first-order valence-corrected chi connectivity index (χ1v) is 6.64. The molecule has 0 bridgehead atoms. The van der Waals surface area contributed by atoms with Crippen molar-refractivity contribution in [3.05, 3.63) is 35.2 Å². The Balaban J connectivity index is 2.20. The molecule has 0 fully saturated rings. The Morgan fingerprint density at radius 3 is 2.58 bits per heavy atom.